The first kappa shape index (κ1) is 42.7. The van der Waals surface area contributed by atoms with Crippen molar-refractivity contribution < 1.29 is 17.6 Å². The highest BCUT2D eigenvalue weighted by Gasteiger charge is 2.29. The van der Waals surface area contributed by atoms with Crippen molar-refractivity contribution in [2.75, 3.05) is 0 Å². The van der Waals surface area contributed by atoms with Crippen LogP contribution in [-0.4, -0.2) is 0 Å². The van der Waals surface area contributed by atoms with Gasteiger partial charge >= 0.3 is 0 Å². The summed E-state index contributed by atoms with van der Waals surface area (Å²) in [6.45, 7) is 8.81. The summed E-state index contributed by atoms with van der Waals surface area (Å²) in [6.07, 6.45) is 27.7. The highest BCUT2D eigenvalue weighted by molar-refractivity contribution is 5.76. The molecule has 6 rings (SSSR count). The van der Waals surface area contributed by atoms with E-state index in [1.54, 1.807) is 24.3 Å². The average Bonchev–Trinajstić information content (AvgIpc) is 3.22. The van der Waals surface area contributed by atoms with Crippen LogP contribution >= 0.6 is 0 Å². The Kier molecular flexibility index (Phi) is 15.7. The number of hydrogen-bond acceptors (Lipinski definition) is 0. The molecule has 0 heterocycles. The van der Waals surface area contributed by atoms with Gasteiger partial charge in [0, 0.05) is 11.1 Å². The minimum Gasteiger partial charge on any atom is -0.204 e. The molecule has 4 aromatic rings. The molecule has 2 unspecified atom stereocenters. The van der Waals surface area contributed by atoms with Gasteiger partial charge in [-0.2, -0.15) is 0 Å². The second-order valence-electron chi connectivity index (χ2n) is 15.9. The molecule has 56 heavy (non-hydrogen) atoms. The summed E-state index contributed by atoms with van der Waals surface area (Å²) in [5, 5.41) is 0. The van der Waals surface area contributed by atoms with Crippen molar-refractivity contribution >= 4 is 11.1 Å². The maximum atomic E-state index is 14.2. The quantitative estimate of drug-likeness (QED) is 0.0998. The van der Waals surface area contributed by atoms with Crippen molar-refractivity contribution in [3.05, 3.63) is 178 Å². The zero-order valence-corrected chi connectivity index (χ0v) is 34.0. The maximum Gasteiger partial charge on any atom is 0.166 e. The van der Waals surface area contributed by atoms with Crippen LogP contribution in [0.1, 0.15) is 125 Å². The fraction of sp³-hybridized carbons (Fsp3) is 0.385. The van der Waals surface area contributed by atoms with E-state index in [-0.39, 0.29) is 10.8 Å². The van der Waals surface area contributed by atoms with Crippen molar-refractivity contribution in [1.82, 2.24) is 0 Å². The highest BCUT2D eigenvalue weighted by Crippen LogP contribution is 2.42. The molecule has 0 N–H and O–H groups in total. The summed E-state index contributed by atoms with van der Waals surface area (Å²) < 4.78 is 55.4. The minimum absolute atomic E-state index is 0.100. The lowest BCUT2D eigenvalue weighted by atomic mass is 9.72. The van der Waals surface area contributed by atoms with E-state index in [2.05, 4.69) is 101 Å². The Labute approximate surface area is 334 Å². The van der Waals surface area contributed by atoms with Crippen molar-refractivity contribution in [2.45, 2.75) is 118 Å². The molecule has 0 amide bonds. The number of allylic oxidation sites excluding steroid dienone is 8. The van der Waals surface area contributed by atoms with Gasteiger partial charge in [-0.1, -0.05) is 156 Å². The molecule has 0 spiro atoms. The van der Waals surface area contributed by atoms with Crippen LogP contribution in [0.3, 0.4) is 0 Å². The van der Waals surface area contributed by atoms with Gasteiger partial charge in [-0.3, -0.25) is 0 Å². The molecular formula is C52H60F4. The van der Waals surface area contributed by atoms with E-state index in [4.69, 9.17) is 0 Å². The summed E-state index contributed by atoms with van der Waals surface area (Å²) in [5.74, 6) is -3.09. The van der Waals surface area contributed by atoms with E-state index in [9.17, 15) is 17.6 Å². The summed E-state index contributed by atoms with van der Waals surface area (Å²) >= 11 is 0. The van der Waals surface area contributed by atoms with E-state index in [0.29, 0.717) is 11.1 Å². The van der Waals surface area contributed by atoms with Crippen molar-refractivity contribution in [3.63, 3.8) is 0 Å². The van der Waals surface area contributed by atoms with Gasteiger partial charge in [0.15, 0.2) is 23.3 Å². The Morgan fingerprint density at radius 2 is 0.875 bits per heavy atom. The van der Waals surface area contributed by atoms with E-state index in [1.165, 1.54) is 41.2 Å². The van der Waals surface area contributed by atoms with Gasteiger partial charge in [-0.15, -0.1) is 0 Å². The molecule has 0 bridgehead atoms. The molecule has 2 atom stereocenters. The lowest BCUT2D eigenvalue weighted by Gasteiger charge is -2.32. The second kappa shape index (κ2) is 20.6. The fourth-order valence-corrected chi connectivity index (χ4v) is 8.25. The van der Waals surface area contributed by atoms with Crippen molar-refractivity contribution in [2.24, 2.45) is 10.8 Å². The molecule has 4 heteroatoms. The van der Waals surface area contributed by atoms with E-state index in [0.717, 1.165) is 94.3 Å². The number of hydrogen-bond donors (Lipinski definition) is 0. The van der Waals surface area contributed by atoms with E-state index >= 15 is 0 Å². The zero-order chi connectivity index (χ0) is 40.0. The van der Waals surface area contributed by atoms with Gasteiger partial charge in [-0.05, 0) is 127 Å². The maximum absolute atomic E-state index is 14.2. The summed E-state index contributed by atoms with van der Waals surface area (Å²) in [6, 6.07) is 26.7. The normalized spacial score (nSPS) is 18.9. The molecule has 296 valence electrons. The van der Waals surface area contributed by atoms with Crippen LogP contribution in [0.5, 0.6) is 0 Å². The minimum atomic E-state index is -0.789. The molecule has 0 saturated heterocycles. The number of aryl methyl sites for hydroxylation is 4. The third-order valence-electron chi connectivity index (χ3n) is 11.8. The highest BCUT2D eigenvalue weighted by atomic mass is 19.2. The zero-order valence-electron chi connectivity index (χ0n) is 34.0. The summed E-state index contributed by atoms with van der Waals surface area (Å²) in [4.78, 5) is 0. The Balaban J connectivity index is 0.000000215. The topological polar surface area (TPSA) is 0 Å². The van der Waals surface area contributed by atoms with Crippen LogP contribution in [0.15, 0.2) is 121 Å². The van der Waals surface area contributed by atoms with Crippen LogP contribution in [0.25, 0.3) is 11.1 Å². The first-order valence-electron chi connectivity index (χ1n) is 21.0. The van der Waals surface area contributed by atoms with Gasteiger partial charge in [0.1, 0.15) is 0 Å². The number of halogens is 4. The molecule has 0 radical (unpaired) electrons. The first-order valence-corrected chi connectivity index (χ1v) is 21.0. The molecular weight excluding hydrogens is 701 g/mol. The predicted molar refractivity (Wildman–Crippen MR) is 228 cm³/mol. The Bertz CT molecular complexity index is 1980. The van der Waals surface area contributed by atoms with E-state index < -0.39 is 23.3 Å². The summed E-state index contributed by atoms with van der Waals surface area (Å²) in [7, 11) is 0. The smallest absolute Gasteiger partial charge is 0.166 e. The van der Waals surface area contributed by atoms with Gasteiger partial charge in [0.05, 0.1) is 0 Å². The average molecular weight is 761 g/mol. The lowest BCUT2D eigenvalue weighted by Crippen LogP contribution is -2.20. The number of unbranched alkanes of at least 4 members (excludes halogenated alkanes) is 1. The Hall–Kier alpha value is -4.44. The molecule has 0 aliphatic heterocycles. The van der Waals surface area contributed by atoms with Gasteiger partial charge in [-0.25, -0.2) is 17.6 Å². The van der Waals surface area contributed by atoms with Crippen molar-refractivity contribution in [3.8, 4) is 0 Å². The van der Waals surface area contributed by atoms with Crippen molar-refractivity contribution in [1.29, 1.82) is 0 Å². The largest absolute Gasteiger partial charge is 0.204 e. The predicted octanol–water partition coefficient (Wildman–Crippen LogP) is 15.4. The molecule has 2 aliphatic rings. The molecule has 4 aromatic carbocycles. The first-order chi connectivity index (χ1) is 27.1. The molecule has 0 fully saturated rings. The summed E-state index contributed by atoms with van der Waals surface area (Å²) in [5.41, 5.74) is 8.00. The SMILES string of the molecule is CCCC1(CCc2ccc(CC)cc2)C=CC(c2cccc(F)c2F)=CC1.CCCCc1ccc(CCC2(CCC)C=CC(c3cccc(F)c3F)=CC2)cc1. The van der Waals surface area contributed by atoms with Crippen LogP contribution < -0.4 is 0 Å². The monoisotopic (exact) mass is 760 g/mol. The fourth-order valence-electron chi connectivity index (χ4n) is 8.25. The van der Waals surface area contributed by atoms with Crippen LogP contribution in [0.4, 0.5) is 17.6 Å². The Morgan fingerprint density at radius 1 is 0.464 bits per heavy atom. The van der Waals surface area contributed by atoms with Gasteiger partial charge < -0.3 is 0 Å². The van der Waals surface area contributed by atoms with Gasteiger partial charge in [0.25, 0.3) is 0 Å². The number of benzene rings is 4. The third-order valence-corrected chi connectivity index (χ3v) is 11.8. The number of rotatable bonds is 16. The lowest BCUT2D eigenvalue weighted by molar-refractivity contribution is 0.321. The third kappa shape index (κ3) is 11.3. The molecule has 2 aliphatic carbocycles. The van der Waals surface area contributed by atoms with E-state index in [1.807, 2.05) is 12.2 Å². The van der Waals surface area contributed by atoms with Crippen LogP contribution in [-0.2, 0) is 25.7 Å². The van der Waals surface area contributed by atoms with Crippen LogP contribution in [0.2, 0.25) is 0 Å². The molecule has 0 nitrogen and oxygen atoms in total. The van der Waals surface area contributed by atoms with Gasteiger partial charge in [0.2, 0.25) is 0 Å². The second-order valence-corrected chi connectivity index (χ2v) is 15.9. The molecule has 0 saturated carbocycles. The van der Waals surface area contributed by atoms with Crippen LogP contribution in [0, 0.1) is 34.1 Å². The standard InChI is InChI=1S/C27H32F2.C25H28F2/c1-3-5-7-21-10-12-22(13-11-21)14-18-27(17-4-2)19-15-23(16-20-27)24-8-6-9-25(28)26(24)29;1-3-15-25(16-12-20-10-8-19(4-2)9-11-20)17-13-21(14-18-25)22-6-5-7-23(26)24(22)27/h6,8-13,15-16,19H,3-5,7,14,17-18,20H2,1-2H3;5-11,13-14,17H,3-4,12,15-16,18H2,1-2H3. The molecule has 0 aromatic heterocycles. The Morgan fingerprint density at radius 3 is 1.23 bits per heavy atom.